The number of carbonyl (C=O) groups is 1. The Balaban J connectivity index is 3.84. The SMILES string of the molecule is Nc1c(F)c(F)c(C(=O)C(F)(F)C(F)(F)C(F)(F)C(F)(F)C(F)(F)C(F)(F)C(F)(F)F)c(F)c1F. The maximum absolute atomic E-state index is 13.8. The number of nitrogen functional groups attached to an aromatic ring is 1. The summed E-state index contributed by atoms with van der Waals surface area (Å²) < 4.78 is 250. The summed E-state index contributed by atoms with van der Waals surface area (Å²) >= 11 is 0. The molecule has 0 radical (unpaired) electrons. The number of anilines is 1. The highest BCUT2D eigenvalue weighted by Gasteiger charge is 2.94. The molecule has 0 heterocycles. The van der Waals surface area contributed by atoms with Crippen LogP contribution in [-0.4, -0.2) is 47.5 Å². The van der Waals surface area contributed by atoms with Gasteiger partial charge < -0.3 is 5.73 Å². The standard InChI is InChI=1S/C14H2F19NO/c15-2-1(3(16)5(18)6(34)4(2)17)7(35)8(19,20)9(21,22)10(23,24)11(25,26)12(27,28)13(29,30)14(31,32)33/h34H2. The van der Waals surface area contributed by atoms with E-state index >= 15 is 0 Å². The fourth-order valence-corrected chi connectivity index (χ4v) is 2.11. The zero-order valence-electron chi connectivity index (χ0n) is 15.2. The normalized spacial score (nSPS) is 14.9. The van der Waals surface area contributed by atoms with Gasteiger partial charge in [0.05, 0.1) is 0 Å². The van der Waals surface area contributed by atoms with Crippen LogP contribution < -0.4 is 5.73 Å². The summed E-state index contributed by atoms with van der Waals surface area (Å²) in [6, 6.07) is 0. The number of alkyl halides is 15. The number of carbonyl (C=O) groups excluding carboxylic acids is 1. The number of nitrogens with two attached hydrogens (primary N) is 1. The second-order valence-corrected chi connectivity index (χ2v) is 6.32. The molecular weight excluding hydrogens is 559 g/mol. The van der Waals surface area contributed by atoms with Crippen molar-refractivity contribution in [1.29, 1.82) is 0 Å². The molecule has 35 heavy (non-hydrogen) atoms. The highest BCUT2D eigenvalue weighted by Crippen LogP contribution is 2.62. The van der Waals surface area contributed by atoms with Crippen LogP contribution in [0.2, 0.25) is 0 Å². The lowest BCUT2D eigenvalue weighted by Crippen LogP contribution is -2.73. The number of hydrogen-bond donors (Lipinski definition) is 1. The van der Waals surface area contributed by atoms with Gasteiger partial charge in [-0.15, -0.1) is 0 Å². The van der Waals surface area contributed by atoms with Crippen LogP contribution in [0, 0.1) is 23.3 Å². The van der Waals surface area contributed by atoms with Crippen molar-refractivity contribution < 1.29 is 88.2 Å². The molecule has 1 aromatic carbocycles. The molecule has 0 saturated carbocycles. The van der Waals surface area contributed by atoms with Gasteiger partial charge in [0, 0.05) is 0 Å². The van der Waals surface area contributed by atoms with E-state index in [2.05, 4.69) is 5.73 Å². The number of halogens is 19. The largest absolute Gasteiger partial charge is 0.460 e. The first-order valence-corrected chi connectivity index (χ1v) is 7.58. The fourth-order valence-electron chi connectivity index (χ4n) is 2.11. The molecule has 202 valence electrons. The topological polar surface area (TPSA) is 43.1 Å². The monoisotopic (exact) mass is 561 g/mol. The number of Topliss-reactive ketones (excluding diaryl/α,β-unsaturated/α-hetero) is 1. The molecule has 0 spiro atoms. The van der Waals surface area contributed by atoms with Crippen LogP contribution in [0.3, 0.4) is 0 Å². The van der Waals surface area contributed by atoms with Crippen LogP contribution in [0.15, 0.2) is 0 Å². The molecule has 21 heteroatoms. The van der Waals surface area contributed by atoms with Gasteiger partial charge >= 0.3 is 41.7 Å². The summed E-state index contributed by atoms with van der Waals surface area (Å²) in [5.74, 6) is -68.2. The predicted molar refractivity (Wildman–Crippen MR) is 70.8 cm³/mol. The van der Waals surface area contributed by atoms with Crippen LogP contribution >= 0.6 is 0 Å². The average molecular weight is 561 g/mol. The van der Waals surface area contributed by atoms with Gasteiger partial charge in [-0.05, 0) is 0 Å². The van der Waals surface area contributed by atoms with Crippen molar-refractivity contribution in [2.75, 3.05) is 5.73 Å². The van der Waals surface area contributed by atoms with Gasteiger partial charge in [0.25, 0.3) is 0 Å². The molecule has 2 N–H and O–H groups in total. The van der Waals surface area contributed by atoms with Gasteiger partial charge in [0.15, 0.2) is 23.3 Å². The summed E-state index contributed by atoms with van der Waals surface area (Å²) in [6.45, 7) is 0. The van der Waals surface area contributed by atoms with E-state index in [4.69, 9.17) is 0 Å². The van der Waals surface area contributed by atoms with E-state index in [-0.39, 0.29) is 0 Å². The highest BCUT2D eigenvalue weighted by atomic mass is 19.4. The van der Waals surface area contributed by atoms with Crippen LogP contribution in [0.25, 0.3) is 0 Å². The third-order valence-electron chi connectivity index (χ3n) is 4.14. The molecule has 1 aromatic rings. The van der Waals surface area contributed by atoms with Crippen molar-refractivity contribution in [2.45, 2.75) is 41.7 Å². The smallest absolute Gasteiger partial charge is 0.394 e. The highest BCUT2D eigenvalue weighted by molar-refractivity contribution is 6.03. The van der Waals surface area contributed by atoms with Gasteiger partial charge in [-0.3, -0.25) is 4.79 Å². The summed E-state index contributed by atoms with van der Waals surface area (Å²) in [4.78, 5) is 11.4. The Bertz CT molecular complexity index is 994. The van der Waals surface area contributed by atoms with Crippen molar-refractivity contribution in [2.24, 2.45) is 0 Å². The van der Waals surface area contributed by atoms with Gasteiger partial charge in [-0.2, -0.15) is 65.9 Å². The van der Waals surface area contributed by atoms with E-state index in [1.807, 2.05) is 0 Å². The molecule has 0 aliphatic heterocycles. The van der Waals surface area contributed by atoms with Crippen LogP contribution in [0.5, 0.6) is 0 Å². The van der Waals surface area contributed by atoms with Crippen molar-refractivity contribution in [3.05, 3.63) is 28.8 Å². The lowest BCUT2D eigenvalue weighted by molar-refractivity contribution is -0.449. The molecular formula is C14H2F19NO. The summed E-state index contributed by atoms with van der Waals surface area (Å²) in [5.41, 5.74) is -1.46. The first kappa shape index (κ1) is 30.4. The van der Waals surface area contributed by atoms with Crippen molar-refractivity contribution in [1.82, 2.24) is 0 Å². The number of ketones is 1. The minimum Gasteiger partial charge on any atom is -0.394 e. The molecule has 0 aliphatic rings. The summed E-state index contributed by atoms with van der Waals surface area (Å²) in [5, 5.41) is 0. The Kier molecular flexibility index (Phi) is 6.89. The quantitative estimate of drug-likeness (QED) is 0.182. The first-order chi connectivity index (χ1) is 15.1. The third-order valence-corrected chi connectivity index (χ3v) is 4.14. The third kappa shape index (κ3) is 3.71. The summed E-state index contributed by atoms with van der Waals surface area (Å²) in [7, 11) is 0. The van der Waals surface area contributed by atoms with E-state index in [0.717, 1.165) is 0 Å². The maximum atomic E-state index is 13.8. The molecule has 1 rings (SSSR count). The van der Waals surface area contributed by atoms with E-state index in [9.17, 15) is 88.2 Å². The molecule has 2 nitrogen and oxygen atoms in total. The van der Waals surface area contributed by atoms with Gasteiger partial charge in [-0.25, -0.2) is 17.6 Å². The van der Waals surface area contributed by atoms with E-state index in [0.29, 0.717) is 0 Å². The number of hydrogen-bond acceptors (Lipinski definition) is 2. The zero-order chi connectivity index (χ0) is 28.5. The Morgan fingerprint density at radius 1 is 0.486 bits per heavy atom. The number of rotatable bonds is 7. The van der Waals surface area contributed by atoms with Crippen LogP contribution in [0.1, 0.15) is 10.4 Å². The van der Waals surface area contributed by atoms with Gasteiger partial charge in [0.2, 0.25) is 5.78 Å². The Morgan fingerprint density at radius 3 is 1.09 bits per heavy atom. The van der Waals surface area contributed by atoms with E-state index < -0.39 is 82.0 Å². The van der Waals surface area contributed by atoms with Gasteiger partial charge in [0.1, 0.15) is 11.3 Å². The first-order valence-electron chi connectivity index (χ1n) is 7.58. The van der Waals surface area contributed by atoms with E-state index in [1.165, 1.54) is 0 Å². The molecule has 0 saturated heterocycles. The zero-order valence-corrected chi connectivity index (χ0v) is 15.2. The number of benzene rings is 1. The van der Waals surface area contributed by atoms with Crippen molar-refractivity contribution in [3.63, 3.8) is 0 Å². The Morgan fingerprint density at radius 2 is 0.771 bits per heavy atom. The minimum absolute atomic E-state index is 2.27. The van der Waals surface area contributed by atoms with E-state index in [1.54, 1.807) is 0 Å². The molecule has 0 aliphatic carbocycles. The molecule has 0 aromatic heterocycles. The van der Waals surface area contributed by atoms with Crippen LogP contribution in [-0.2, 0) is 0 Å². The minimum atomic E-state index is -8.79. The van der Waals surface area contributed by atoms with Crippen LogP contribution in [0.4, 0.5) is 89.1 Å². The maximum Gasteiger partial charge on any atom is 0.460 e. The second-order valence-electron chi connectivity index (χ2n) is 6.32. The Labute approximate surface area is 177 Å². The molecule has 0 amide bonds. The molecule has 0 atom stereocenters. The van der Waals surface area contributed by atoms with Crippen molar-refractivity contribution >= 4 is 11.5 Å². The Hall–Kier alpha value is -2.64. The van der Waals surface area contributed by atoms with Crippen molar-refractivity contribution in [3.8, 4) is 0 Å². The average Bonchev–Trinajstić information content (AvgIpc) is 2.69. The lowest BCUT2D eigenvalue weighted by Gasteiger charge is -2.41. The second kappa shape index (κ2) is 7.93. The molecule has 0 unspecified atom stereocenters. The molecule has 0 fully saturated rings. The predicted octanol–water partition coefficient (Wildman–Crippen LogP) is 6.38. The van der Waals surface area contributed by atoms with Gasteiger partial charge in [-0.1, -0.05) is 0 Å². The molecule has 0 bridgehead atoms. The lowest BCUT2D eigenvalue weighted by atomic mass is 9.88. The summed E-state index contributed by atoms with van der Waals surface area (Å²) in [6.07, 6.45) is -7.88. The fraction of sp³-hybridized carbons (Fsp3) is 0.500.